The molecule has 0 saturated carbocycles. The molecule has 2 heterocycles. The van der Waals surface area contributed by atoms with Crippen LogP contribution >= 0.6 is 0 Å². The van der Waals surface area contributed by atoms with Crippen LogP contribution in [0.5, 0.6) is 0 Å². The summed E-state index contributed by atoms with van der Waals surface area (Å²) in [5.41, 5.74) is 1.83. The number of amides is 1. The average Bonchev–Trinajstić information content (AvgIpc) is 2.96. The lowest BCUT2D eigenvalue weighted by Gasteiger charge is -2.33. The molecule has 8 heteroatoms. The highest BCUT2D eigenvalue weighted by atomic mass is 32.2. The van der Waals surface area contributed by atoms with E-state index in [1.165, 1.54) is 6.07 Å². The van der Waals surface area contributed by atoms with E-state index < -0.39 is 10.0 Å². The standard InChI is InChI=1S/C16H23N3O4S/c1-2-13-10-19(7-8-23-13)16(20)11-18-6-5-12-9-14(24(17,21)22)3-4-15(12)18/h3-4,9,13H,2,5-8,10-11H2,1H3,(H2,17,21,22). The van der Waals surface area contributed by atoms with Crippen LogP contribution in [0.4, 0.5) is 5.69 Å². The first-order valence-electron chi connectivity index (χ1n) is 8.18. The molecule has 0 bridgehead atoms. The van der Waals surface area contributed by atoms with Crippen molar-refractivity contribution in [2.45, 2.75) is 30.8 Å². The zero-order chi connectivity index (χ0) is 17.3. The molecule has 1 atom stereocenters. The summed E-state index contributed by atoms with van der Waals surface area (Å²) in [6.07, 6.45) is 1.73. The maximum absolute atomic E-state index is 12.6. The molecule has 3 rings (SSSR count). The molecule has 0 aliphatic carbocycles. The molecule has 0 radical (unpaired) electrons. The Bertz CT molecular complexity index is 735. The van der Waals surface area contributed by atoms with Crippen LogP contribution in [0, 0.1) is 0 Å². The fourth-order valence-electron chi connectivity index (χ4n) is 3.24. The van der Waals surface area contributed by atoms with Crippen molar-refractivity contribution in [3.63, 3.8) is 0 Å². The number of benzene rings is 1. The van der Waals surface area contributed by atoms with Crippen LogP contribution in [0.15, 0.2) is 23.1 Å². The lowest BCUT2D eigenvalue weighted by molar-refractivity contribution is -0.137. The van der Waals surface area contributed by atoms with E-state index in [2.05, 4.69) is 6.92 Å². The van der Waals surface area contributed by atoms with Gasteiger partial charge in [-0.25, -0.2) is 13.6 Å². The van der Waals surface area contributed by atoms with Crippen LogP contribution in [0.2, 0.25) is 0 Å². The summed E-state index contributed by atoms with van der Waals surface area (Å²) >= 11 is 0. The number of ether oxygens (including phenoxy) is 1. The van der Waals surface area contributed by atoms with Gasteiger partial charge in [-0.15, -0.1) is 0 Å². The molecular formula is C16H23N3O4S. The molecule has 1 saturated heterocycles. The summed E-state index contributed by atoms with van der Waals surface area (Å²) in [4.78, 5) is 16.5. The largest absolute Gasteiger partial charge is 0.375 e. The molecule has 1 amide bonds. The number of sulfonamides is 1. The molecule has 7 nitrogen and oxygen atoms in total. The number of hydrogen-bond acceptors (Lipinski definition) is 5. The van der Waals surface area contributed by atoms with Crippen LogP contribution in [0.1, 0.15) is 18.9 Å². The van der Waals surface area contributed by atoms with Crippen molar-refractivity contribution in [3.8, 4) is 0 Å². The number of rotatable bonds is 4. The van der Waals surface area contributed by atoms with Crippen LogP contribution in [-0.4, -0.2) is 58.1 Å². The topological polar surface area (TPSA) is 92.9 Å². The summed E-state index contributed by atoms with van der Waals surface area (Å²) in [7, 11) is -3.70. The number of carbonyl (C=O) groups is 1. The van der Waals surface area contributed by atoms with E-state index in [9.17, 15) is 13.2 Å². The van der Waals surface area contributed by atoms with E-state index in [0.717, 1.165) is 17.7 Å². The number of hydrogen-bond donors (Lipinski definition) is 1. The number of fused-ring (bicyclic) bond motifs is 1. The summed E-state index contributed by atoms with van der Waals surface area (Å²) < 4.78 is 28.5. The summed E-state index contributed by atoms with van der Waals surface area (Å²) in [6, 6.07) is 4.85. The van der Waals surface area contributed by atoms with Crippen molar-refractivity contribution in [1.29, 1.82) is 0 Å². The van der Waals surface area contributed by atoms with E-state index in [0.29, 0.717) is 39.2 Å². The first-order chi connectivity index (χ1) is 11.4. The second-order valence-corrected chi connectivity index (χ2v) is 7.81. The zero-order valence-corrected chi connectivity index (χ0v) is 14.6. The van der Waals surface area contributed by atoms with Gasteiger partial charge >= 0.3 is 0 Å². The molecule has 1 aromatic carbocycles. The SMILES string of the molecule is CCC1CN(C(=O)CN2CCc3cc(S(N)(=O)=O)ccc32)CCO1. The molecule has 1 unspecified atom stereocenters. The maximum atomic E-state index is 12.6. The Labute approximate surface area is 142 Å². The minimum Gasteiger partial charge on any atom is -0.375 e. The van der Waals surface area contributed by atoms with E-state index >= 15 is 0 Å². The van der Waals surface area contributed by atoms with Crippen molar-refractivity contribution >= 4 is 21.6 Å². The lowest BCUT2D eigenvalue weighted by Crippen LogP contribution is -2.48. The number of nitrogens with two attached hydrogens (primary N) is 1. The quantitative estimate of drug-likeness (QED) is 0.842. The molecule has 0 aromatic heterocycles. The van der Waals surface area contributed by atoms with E-state index in [4.69, 9.17) is 9.88 Å². The van der Waals surface area contributed by atoms with E-state index in [-0.39, 0.29) is 16.9 Å². The molecular weight excluding hydrogens is 330 g/mol. The Morgan fingerprint density at radius 2 is 2.17 bits per heavy atom. The van der Waals surface area contributed by atoms with Crippen molar-refractivity contribution in [2.75, 3.05) is 37.7 Å². The molecule has 2 N–H and O–H groups in total. The lowest BCUT2D eigenvalue weighted by atomic mass is 10.2. The minimum absolute atomic E-state index is 0.0834. The zero-order valence-electron chi connectivity index (χ0n) is 13.8. The Hall–Kier alpha value is -1.64. The maximum Gasteiger partial charge on any atom is 0.242 e. The Morgan fingerprint density at radius 1 is 1.38 bits per heavy atom. The monoisotopic (exact) mass is 353 g/mol. The predicted octanol–water partition coefficient (Wildman–Crippen LogP) is 0.334. The first kappa shape index (κ1) is 17.2. The minimum atomic E-state index is -3.70. The third kappa shape index (κ3) is 3.55. The predicted molar refractivity (Wildman–Crippen MR) is 90.3 cm³/mol. The van der Waals surface area contributed by atoms with Gasteiger partial charge in [0.05, 0.1) is 24.2 Å². The van der Waals surface area contributed by atoms with Crippen LogP contribution < -0.4 is 10.0 Å². The van der Waals surface area contributed by atoms with Crippen LogP contribution in [0.3, 0.4) is 0 Å². The average molecular weight is 353 g/mol. The van der Waals surface area contributed by atoms with Crippen molar-refractivity contribution in [3.05, 3.63) is 23.8 Å². The number of anilines is 1. The third-order valence-corrected chi connectivity index (χ3v) is 5.56. The van der Waals surface area contributed by atoms with E-state index in [1.807, 2.05) is 9.80 Å². The number of nitrogens with zero attached hydrogens (tertiary/aromatic N) is 2. The molecule has 1 aromatic rings. The first-order valence-corrected chi connectivity index (χ1v) is 9.73. The van der Waals surface area contributed by atoms with Gasteiger partial charge in [-0.2, -0.15) is 0 Å². The van der Waals surface area contributed by atoms with Gasteiger partial charge in [-0.3, -0.25) is 4.79 Å². The second kappa shape index (κ2) is 6.70. The molecule has 0 spiro atoms. The van der Waals surface area contributed by atoms with Gasteiger partial charge in [0.1, 0.15) is 0 Å². The number of carbonyl (C=O) groups excluding carboxylic acids is 1. The molecule has 2 aliphatic rings. The van der Waals surface area contributed by atoms with Gasteiger partial charge < -0.3 is 14.5 Å². The van der Waals surface area contributed by atoms with Gasteiger partial charge in [0.25, 0.3) is 0 Å². The Morgan fingerprint density at radius 3 is 2.88 bits per heavy atom. The third-order valence-electron chi connectivity index (χ3n) is 4.64. The second-order valence-electron chi connectivity index (χ2n) is 6.25. The van der Waals surface area contributed by atoms with Gasteiger partial charge in [-0.05, 0) is 36.6 Å². The highest BCUT2D eigenvalue weighted by Gasteiger charge is 2.27. The van der Waals surface area contributed by atoms with Gasteiger partial charge in [-0.1, -0.05) is 6.92 Å². The molecule has 132 valence electrons. The molecule has 24 heavy (non-hydrogen) atoms. The van der Waals surface area contributed by atoms with Crippen LogP contribution in [0.25, 0.3) is 0 Å². The highest BCUT2D eigenvalue weighted by Crippen LogP contribution is 2.29. The number of morpholine rings is 1. The Balaban J connectivity index is 1.69. The van der Waals surface area contributed by atoms with Gasteiger partial charge in [0.15, 0.2) is 0 Å². The highest BCUT2D eigenvalue weighted by molar-refractivity contribution is 7.89. The summed E-state index contributed by atoms with van der Waals surface area (Å²) in [5.74, 6) is 0.0834. The smallest absolute Gasteiger partial charge is 0.242 e. The fraction of sp³-hybridized carbons (Fsp3) is 0.562. The van der Waals surface area contributed by atoms with Crippen molar-refractivity contribution in [1.82, 2.24) is 4.90 Å². The van der Waals surface area contributed by atoms with Gasteiger partial charge in [0, 0.05) is 25.3 Å². The summed E-state index contributed by atoms with van der Waals surface area (Å²) in [5, 5.41) is 5.18. The van der Waals surface area contributed by atoms with Crippen molar-refractivity contribution in [2.24, 2.45) is 5.14 Å². The molecule has 1 fully saturated rings. The Kier molecular flexibility index (Phi) is 4.80. The normalized spacial score (nSPS) is 21.0. The van der Waals surface area contributed by atoms with Crippen LogP contribution in [-0.2, 0) is 26.0 Å². The van der Waals surface area contributed by atoms with Gasteiger partial charge in [0.2, 0.25) is 15.9 Å². The van der Waals surface area contributed by atoms with Crippen molar-refractivity contribution < 1.29 is 17.9 Å². The molecule has 2 aliphatic heterocycles. The summed E-state index contributed by atoms with van der Waals surface area (Å²) in [6.45, 7) is 4.91. The number of primary sulfonamides is 1. The fourth-order valence-corrected chi connectivity index (χ4v) is 3.81. The van der Waals surface area contributed by atoms with E-state index in [1.54, 1.807) is 12.1 Å².